The molecule has 0 bridgehead atoms. The van der Waals surface area contributed by atoms with Gasteiger partial charge in [-0.3, -0.25) is 9.59 Å². The summed E-state index contributed by atoms with van der Waals surface area (Å²) in [5.41, 5.74) is 0.955. The summed E-state index contributed by atoms with van der Waals surface area (Å²) in [6.45, 7) is 6.56. The second kappa shape index (κ2) is 11.1. The number of carbonyl (C=O) groups is 2. The van der Waals surface area contributed by atoms with Gasteiger partial charge in [0.05, 0.1) is 4.47 Å². The van der Waals surface area contributed by atoms with Gasteiger partial charge in [-0.2, -0.15) is 0 Å². The fourth-order valence-electron chi connectivity index (χ4n) is 3.36. The van der Waals surface area contributed by atoms with Crippen molar-refractivity contribution in [1.82, 2.24) is 10.2 Å². The summed E-state index contributed by atoms with van der Waals surface area (Å²) in [6.07, 6.45) is 0. The molecular weight excluding hydrogens is 468 g/mol. The lowest BCUT2D eigenvalue weighted by atomic mass is 10.1. The molecule has 3 rings (SSSR count). The van der Waals surface area contributed by atoms with Gasteiger partial charge in [-0.15, -0.1) is 0 Å². The molecular formula is C26H29BrN2O3. The van der Waals surface area contributed by atoms with Gasteiger partial charge in [0.1, 0.15) is 11.8 Å². The topological polar surface area (TPSA) is 58.6 Å². The summed E-state index contributed by atoms with van der Waals surface area (Å²) in [5.74, 6) is 0.502. The van der Waals surface area contributed by atoms with Gasteiger partial charge in [0.2, 0.25) is 5.91 Å². The van der Waals surface area contributed by atoms with Crippen LogP contribution in [-0.4, -0.2) is 35.9 Å². The maximum atomic E-state index is 13.2. The minimum atomic E-state index is -0.620. The summed E-state index contributed by atoms with van der Waals surface area (Å²) < 4.78 is 6.69. The second-order valence-corrected chi connectivity index (χ2v) is 9.00. The second-order valence-electron chi connectivity index (χ2n) is 8.21. The van der Waals surface area contributed by atoms with Crippen molar-refractivity contribution in [3.63, 3.8) is 0 Å². The van der Waals surface area contributed by atoms with Crippen molar-refractivity contribution in [1.29, 1.82) is 0 Å². The van der Waals surface area contributed by atoms with Crippen molar-refractivity contribution < 1.29 is 14.3 Å². The van der Waals surface area contributed by atoms with Crippen LogP contribution >= 0.6 is 15.9 Å². The number of amides is 2. The number of fused-ring (bicyclic) bond motifs is 1. The molecule has 1 N–H and O–H groups in total. The van der Waals surface area contributed by atoms with Crippen LogP contribution in [0.5, 0.6) is 5.75 Å². The number of rotatable bonds is 9. The monoisotopic (exact) mass is 496 g/mol. The fourth-order valence-corrected chi connectivity index (χ4v) is 3.97. The zero-order valence-electron chi connectivity index (χ0n) is 18.7. The molecule has 1 atom stereocenters. The summed E-state index contributed by atoms with van der Waals surface area (Å²) >= 11 is 3.59. The van der Waals surface area contributed by atoms with Crippen molar-refractivity contribution in [2.24, 2.45) is 5.92 Å². The highest BCUT2D eigenvalue weighted by atomic mass is 79.9. The number of halogens is 1. The lowest BCUT2D eigenvalue weighted by molar-refractivity contribution is -0.142. The van der Waals surface area contributed by atoms with Crippen molar-refractivity contribution in [3.8, 4) is 5.75 Å². The van der Waals surface area contributed by atoms with E-state index in [1.165, 1.54) is 0 Å². The van der Waals surface area contributed by atoms with Crippen molar-refractivity contribution in [2.45, 2.75) is 33.4 Å². The Morgan fingerprint density at radius 3 is 2.38 bits per heavy atom. The highest BCUT2D eigenvalue weighted by molar-refractivity contribution is 9.10. The maximum absolute atomic E-state index is 13.2. The number of benzene rings is 3. The Kier molecular flexibility index (Phi) is 8.28. The molecule has 3 aromatic rings. The van der Waals surface area contributed by atoms with Gasteiger partial charge in [0, 0.05) is 13.1 Å². The number of hydrogen-bond donors (Lipinski definition) is 1. The van der Waals surface area contributed by atoms with Crippen LogP contribution in [0, 0.1) is 5.92 Å². The third-order valence-corrected chi connectivity index (χ3v) is 6.04. The maximum Gasteiger partial charge on any atom is 0.261 e. The van der Waals surface area contributed by atoms with Crippen molar-refractivity contribution in [3.05, 3.63) is 76.8 Å². The predicted octanol–water partition coefficient (Wildman–Crippen LogP) is 5.17. The van der Waals surface area contributed by atoms with Crippen LogP contribution in [0.2, 0.25) is 0 Å². The Bertz CT molecular complexity index is 1070. The van der Waals surface area contributed by atoms with Gasteiger partial charge in [-0.05, 0) is 51.2 Å². The van der Waals surface area contributed by atoms with Gasteiger partial charge >= 0.3 is 0 Å². The third kappa shape index (κ3) is 6.10. The number of nitrogens with zero attached hydrogens (tertiary/aromatic N) is 1. The first-order valence-corrected chi connectivity index (χ1v) is 11.6. The van der Waals surface area contributed by atoms with Gasteiger partial charge in [-0.25, -0.2) is 0 Å². The lowest BCUT2D eigenvalue weighted by Crippen LogP contribution is -2.49. The zero-order chi connectivity index (χ0) is 23.1. The molecule has 0 fully saturated rings. The first-order valence-electron chi connectivity index (χ1n) is 10.8. The van der Waals surface area contributed by atoms with Crippen LogP contribution in [0.3, 0.4) is 0 Å². The highest BCUT2D eigenvalue weighted by Gasteiger charge is 2.26. The Balaban J connectivity index is 1.75. The van der Waals surface area contributed by atoms with Crippen LogP contribution in [0.4, 0.5) is 0 Å². The Morgan fingerprint density at radius 2 is 1.66 bits per heavy atom. The van der Waals surface area contributed by atoms with Crippen molar-refractivity contribution >= 4 is 38.5 Å². The van der Waals surface area contributed by atoms with E-state index in [-0.39, 0.29) is 18.4 Å². The van der Waals surface area contributed by atoms with E-state index in [1.54, 1.807) is 11.8 Å². The van der Waals surface area contributed by atoms with E-state index in [0.717, 1.165) is 20.8 Å². The molecule has 0 spiro atoms. The molecule has 0 radical (unpaired) electrons. The predicted molar refractivity (Wildman–Crippen MR) is 131 cm³/mol. The quantitative estimate of drug-likeness (QED) is 0.444. The standard InChI is InChI=1S/C26H29BrN2O3/c1-18(2)15-28-26(31)19(3)29(16-20-9-5-4-6-10-20)24(30)17-32-23-14-13-21-11-7-8-12-22(21)25(23)27/h4-14,18-19H,15-17H2,1-3H3,(H,28,31)/t19-/m0/s1. The molecule has 0 saturated carbocycles. The van der Waals surface area contributed by atoms with Crippen LogP contribution < -0.4 is 10.1 Å². The van der Waals surface area contributed by atoms with E-state index >= 15 is 0 Å². The normalized spacial score (nSPS) is 11.9. The van der Waals surface area contributed by atoms with Gasteiger partial charge in [-0.1, -0.05) is 74.5 Å². The molecule has 0 unspecified atom stereocenters. The Morgan fingerprint density at radius 1 is 0.969 bits per heavy atom. The third-order valence-electron chi connectivity index (χ3n) is 5.23. The molecule has 32 heavy (non-hydrogen) atoms. The Hall–Kier alpha value is -2.86. The van der Waals surface area contributed by atoms with Gasteiger partial charge in [0.25, 0.3) is 5.91 Å². The summed E-state index contributed by atoms with van der Waals surface area (Å²) in [4.78, 5) is 27.5. The summed E-state index contributed by atoms with van der Waals surface area (Å²) in [6, 6.07) is 20.8. The summed E-state index contributed by atoms with van der Waals surface area (Å²) in [5, 5.41) is 5.02. The van der Waals surface area contributed by atoms with E-state index in [9.17, 15) is 9.59 Å². The molecule has 6 heteroatoms. The largest absolute Gasteiger partial charge is 0.483 e. The fraction of sp³-hybridized carbons (Fsp3) is 0.308. The molecule has 3 aromatic carbocycles. The van der Waals surface area contributed by atoms with E-state index < -0.39 is 6.04 Å². The Labute approximate surface area is 197 Å². The smallest absolute Gasteiger partial charge is 0.261 e. The van der Waals surface area contributed by atoms with E-state index in [2.05, 4.69) is 21.2 Å². The summed E-state index contributed by atoms with van der Waals surface area (Å²) in [7, 11) is 0. The van der Waals surface area contributed by atoms with E-state index in [4.69, 9.17) is 4.74 Å². The van der Waals surface area contributed by atoms with Crippen LogP contribution in [-0.2, 0) is 16.1 Å². The molecule has 0 heterocycles. The van der Waals surface area contributed by atoms with Crippen LogP contribution in [0.1, 0.15) is 26.3 Å². The minimum absolute atomic E-state index is 0.161. The minimum Gasteiger partial charge on any atom is -0.483 e. The molecule has 0 aromatic heterocycles. The first kappa shape index (κ1) is 23.8. The molecule has 5 nitrogen and oxygen atoms in total. The van der Waals surface area contributed by atoms with Crippen molar-refractivity contribution in [2.75, 3.05) is 13.2 Å². The average Bonchev–Trinajstić information content (AvgIpc) is 2.80. The van der Waals surface area contributed by atoms with Gasteiger partial charge in [0.15, 0.2) is 6.61 Å². The van der Waals surface area contributed by atoms with Gasteiger partial charge < -0.3 is 15.0 Å². The van der Waals surface area contributed by atoms with E-state index in [1.807, 2.05) is 80.6 Å². The lowest BCUT2D eigenvalue weighted by Gasteiger charge is -2.29. The van der Waals surface area contributed by atoms with Crippen LogP contribution in [0.15, 0.2) is 71.2 Å². The molecule has 0 aliphatic carbocycles. The molecule has 0 aliphatic rings. The van der Waals surface area contributed by atoms with Crippen LogP contribution in [0.25, 0.3) is 10.8 Å². The molecule has 168 valence electrons. The zero-order valence-corrected chi connectivity index (χ0v) is 20.3. The SMILES string of the molecule is CC(C)CNC(=O)[C@H](C)N(Cc1ccccc1)C(=O)COc1ccc2ccccc2c1Br. The van der Waals surface area contributed by atoms with E-state index in [0.29, 0.717) is 24.8 Å². The molecule has 0 aliphatic heterocycles. The highest BCUT2D eigenvalue weighted by Crippen LogP contribution is 2.33. The average molecular weight is 497 g/mol. The number of nitrogens with one attached hydrogen (secondary N) is 1. The molecule has 2 amide bonds. The molecule has 0 saturated heterocycles. The number of ether oxygens (including phenoxy) is 1. The number of carbonyl (C=O) groups excluding carboxylic acids is 2. The number of hydrogen-bond acceptors (Lipinski definition) is 3. The first-order chi connectivity index (χ1) is 15.4.